The predicted octanol–water partition coefficient (Wildman–Crippen LogP) is 2.85. The summed E-state index contributed by atoms with van der Waals surface area (Å²) in [4.78, 5) is 31.1. The van der Waals surface area contributed by atoms with Gasteiger partial charge in [0, 0.05) is 30.1 Å². The standard InChI is InChI=1S/C17H19FN4O3S/c1-2-25-17(24)21-16-20-13-7-8-22(9-14(13)26-16)10-15(23)19-12-5-3-11(18)4-6-12/h3-6H,2,7-10H2,1H3,(H,19,23)(H,20,21,24). The van der Waals surface area contributed by atoms with Gasteiger partial charge in [-0.15, -0.1) is 0 Å². The van der Waals surface area contributed by atoms with Gasteiger partial charge in [-0.3, -0.25) is 15.0 Å². The number of hydrogen-bond donors (Lipinski definition) is 2. The topological polar surface area (TPSA) is 83.6 Å². The van der Waals surface area contributed by atoms with Crippen LogP contribution in [0.4, 0.5) is 20.0 Å². The van der Waals surface area contributed by atoms with E-state index in [0.717, 1.165) is 10.6 Å². The molecule has 9 heteroatoms. The van der Waals surface area contributed by atoms with Crippen molar-refractivity contribution in [2.45, 2.75) is 19.9 Å². The maximum Gasteiger partial charge on any atom is 0.413 e. The molecular weight excluding hydrogens is 359 g/mol. The van der Waals surface area contributed by atoms with Gasteiger partial charge in [-0.2, -0.15) is 0 Å². The molecule has 26 heavy (non-hydrogen) atoms. The molecule has 0 saturated heterocycles. The summed E-state index contributed by atoms with van der Waals surface area (Å²) in [6, 6.07) is 5.66. The molecule has 1 aliphatic heterocycles. The molecule has 0 radical (unpaired) electrons. The van der Waals surface area contributed by atoms with E-state index in [2.05, 4.69) is 15.6 Å². The monoisotopic (exact) mass is 378 g/mol. The van der Waals surface area contributed by atoms with Crippen LogP contribution >= 0.6 is 11.3 Å². The van der Waals surface area contributed by atoms with Crippen LogP contribution in [0, 0.1) is 5.82 Å². The summed E-state index contributed by atoms with van der Waals surface area (Å²) in [6.07, 6.45) is 0.189. The predicted molar refractivity (Wildman–Crippen MR) is 96.8 cm³/mol. The number of rotatable bonds is 5. The lowest BCUT2D eigenvalue weighted by molar-refractivity contribution is -0.117. The highest BCUT2D eigenvalue weighted by molar-refractivity contribution is 7.15. The largest absolute Gasteiger partial charge is 0.450 e. The van der Waals surface area contributed by atoms with E-state index in [1.54, 1.807) is 6.92 Å². The smallest absolute Gasteiger partial charge is 0.413 e. The van der Waals surface area contributed by atoms with Crippen LogP contribution in [0.5, 0.6) is 0 Å². The zero-order valence-electron chi connectivity index (χ0n) is 14.3. The first-order valence-electron chi connectivity index (χ1n) is 8.23. The Balaban J connectivity index is 1.54. The van der Waals surface area contributed by atoms with E-state index in [1.807, 2.05) is 4.90 Å². The number of thiazole rings is 1. The summed E-state index contributed by atoms with van der Waals surface area (Å²) < 4.78 is 17.7. The molecule has 0 saturated carbocycles. The van der Waals surface area contributed by atoms with E-state index in [0.29, 0.717) is 36.9 Å². The summed E-state index contributed by atoms with van der Waals surface area (Å²) in [6.45, 7) is 3.56. The van der Waals surface area contributed by atoms with Crippen molar-refractivity contribution >= 4 is 34.2 Å². The second-order valence-corrected chi connectivity index (χ2v) is 6.83. The highest BCUT2D eigenvalue weighted by Crippen LogP contribution is 2.28. The number of benzene rings is 1. The van der Waals surface area contributed by atoms with Crippen LogP contribution in [0.2, 0.25) is 0 Å². The minimum atomic E-state index is -0.519. The molecule has 0 unspecified atom stereocenters. The molecule has 7 nitrogen and oxygen atoms in total. The number of ether oxygens (including phenoxy) is 1. The lowest BCUT2D eigenvalue weighted by Crippen LogP contribution is -2.36. The Labute approximate surface area is 154 Å². The minimum absolute atomic E-state index is 0.158. The molecule has 2 aromatic rings. The summed E-state index contributed by atoms with van der Waals surface area (Å²) in [5, 5.41) is 5.87. The SMILES string of the molecule is CCOC(=O)Nc1nc2c(s1)CN(CC(=O)Nc1ccc(F)cc1)CC2. The average molecular weight is 378 g/mol. The van der Waals surface area contributed by atoms with Crippen LogP contribution in [0.25, 0.3) is 0 Å². The van der Waals surface area contributed by atoms with Gasteiger partial charge in [0.25, 0.3) is 0 Å². The molecule has 0 spiro atoms. The van der Waals surface area contributed by atoms with Gasteiger partial charge in [-0.05, 0) is 31.2 Å². The molecular formula is C17H19FN4O3S. The first-order chi connectivity index (χ1) is 12.5. The van der Waals surface area contributed by atoms with Gasteiger partial charge in [-0.1, -0.05) is 11.3 Å². The third-order valence-electron chi connectivity index (χ3n) is 3.79. The Kier molecular flexibility index (Phi) is 5.79. The van der Waals surface area contributed by atoms with Gasteiger partial charge in [0.1, 0.15) is 5.82 Å². The zero-order chi connectivity index (χ0) is 18.5. The summed E-state index contributed by atoms with van der Waals surface area (Å²) >= 11 is 1.39. The van der Waals surface area contributed by atoms with Crippen molar-refractivity contribution in [3.63, 3.8) is 0 Å². The zero-order valence-corrected chi connectivity index (χ0v) is 15.1. The maximum atomic E-state index is 12.9. The van der Waals surface area contributed by atoms with E-state index < -0.39 is 6.09 Å². The second kappa shape index (κ2) is 8.24. The molecule has 2 amide bonds. The van der Waals surface area contributed by atoms with Crippen LogP contribution < -0.4 is 10.6 Å². The number of nitrogens with zero attached hydrogens (tertiary/aromatic N) is 2. The fraction of sp³-hybridized carbons (Fsp3) is 0.353. The highest BCUT2D eigenvalue weighted by Gasteiger charge is 2.23. The Morgan fingerprint density at radius 2 is 2.08 bits per heavy atom. The number of hydrogen-bond acceptors (Lipinski definition) is 6. The van der Waals surface area contributed by atoms with E-state index in [1.165, 1.54) is 35.6 Å². The molecule has 138 valence electrons. The van der Waals surface area contributed by atoms with Gasteiger partial charge < -0.3 is 10.1 Å². The van der Waals surface area contributed by atoms with Gasteiger partial charge in [0.15, 0.2) is 5.13 Å². The van der Waals surface area contributed by atoms with Crippen LogP contribution in [0.1, 0.15) is 17.5 Å². The van der Waals surface area contributed by atoms with Crippen LogP contribution in [-0.4, -0.2) is 41.6 Å². The first-order valence-corrected chi connectivity index (χ1v) is 9.05. The Morgan fingerprint density at radius 1 is 1.31 bits per heavy atom. The number of anilines is 2. The van der Waals surface area contributed by atoms with Crippen molar-refractivity contribution in [3.05, 3.63) is 40.7 Å². The van der Waals surface area contributed by atoms with Crippen molar-refractivity contribution in [1.82, 2.24) is 9.88 Å². The van der Waals surface area contributed by atoms with Crippen molar-refractivity contribution in [3.8, 4) is 0 Å². The van der Waals surface area contributed by atoms with Crippen molar-refractivity contribution in [1.29, 1.82) is 0 Å². The number of fused-ring (bicyclic) bond motifs is 1. The molecule has 2 heterocycles. The minimum Gasteiger partial charge on any atom is -0.450 e. The molecule has 3 rings (SSSR count). The molecule has 2 N–H and O–H groups in total. The molecule has 1 aliphatic rings. The number of carbonyl (C=O) groups excluding carboxylic acids is 2. The van der Waals surface area contributed by atoms with Crippen LogP contribution in [-0.2, 0) is 22.5 Å². The van der Waals surface area contributed by atoms with Crippen LogP contribution in [0.3, 0.4) is 0 Å². The van der Waals surface area contributed by atoms with E-state index in [4.69, 9.17) is 4.74 Å². The average Bonchev–Trinajstić information content (AvgIpc) is 2.98. The van der Waals surface area contributed by atoms with Crippen molar-refractivity contribution in [2.24, 2.45) is 0 Å². The van der Waals surface area contributed by atoms with Crippen LogP contribution in [0.15, 0.2) is 24.3 Å². The summed E-state index contributed by atoms with van der Waals surface area (Å²) in [5.41, 5.74) is 1.50. The highest BCUT2D eigenvalue weighted by atomic mass is 32.1. The molecule has 0 bridgehead atoms. The third-order valence-corrected chi connectivity index (χ3v) is 4.79. The van der Waals surface area contributed by atoms with E-state index >= 15 is 0 Å². The summed E-state index contributed by atoms with van der Waals surface area (Å²) in [7, 11) is 0. The number of amides is 2. The van der Waals surface area contributed by atoms with Gasteiger partial charge in [-0.25, -0.2) is 14.2 Å². The van der Waals surface area contributed by atoms with Gasteiger partial charge in [0.05, 0.1) is 18.8 Å². The third kappa shape index (κ3) is 4.77. The number of carbonyl (C=O) groups is 2. The maximum absolute atomic E-state index is 12.9. The van der Waals surface area contributed by atoms with Gasteiger partial charge >= 0.3 is 6.09 Å². The Morgan fingerprint density at radius 3 is 2.81 bits per heavy atom. The Hall–Kier alpha value is -2.52. The quantitative estimate of drug-likeness (QED) is 0.836. The Bertz CT molecular complexity index is 794. The fourth-order valence-electron chi connectivity index (χ4n) is 2.63. The molecule has 0 atom stereocenters. The fourth-order valence-corrected chi connectivity index (χ4v) is 3.66. The number of nitrogens with one attached hydrogen (secondary N) is 2. The molecule has 0 aliphatic carbocycles. The van der Waals surface area contributed by atoms with Gasteiger partial charge in [0.2, 0.25) is 5.91 Å². The van der Waals surface area contributed by atoms with Crippen molar-refractivity contribution in [2.75, 3.05) is 30.3 Å². The molecule has 1 aromatic heterocycles. The van der Waals surface area contributed by atoms with Crippen molar-refractivity contribution < 1.29 is 18.7 Å². The lowest BCUT2D eigenvalue weighted by atomic mass is 10.2. The first kappa shape index (κ1) is 18.3. The van der Waals surface area contributed by atoms with E-state index in [9.17, 15) is 14.0 Å². The molecule has 0 fully saturated rings. The number of halogens is 1. The lowest BCUT2D eigenvalue weighted by Gasteiger charge is -2.25. The summed E-state index contributed by atoms with van der Waals surface area (Å²) in [5.74, 6) is -0.501. The second-order valence-electron chi connectivity index (χ2n) is 5.75. The van der Waals surface area contributed by atoms with E-state index in [-0.39, 0.29) is 18.3 Å². The molecule has 1 aromatic carbocycles. The normalized spacial score (nSPS) is 13.8. The number of aromatic nitrogens is 1.